The van der Waals surface area contributed by atoms with Crippen molar-refractivity contribution in [1.29, 1.82) is 5.26 Å². The van der Waals surface area contributed by atoms with Crippen LogP contribution in [0.15, 0.2) is 47.5 Å². The highest BCUT2D eigenvalue weighted by Crippen LogP contribution is 2.46. The van der Waals surface area contributed by atoms with Crippen molar-refractivity contribution in [2.75, 3.05) is 18.0 Å². The molecule has 1 aromatic carbocycles. The number of fused-ring (bicyclic) bond motifs is 2. The van der Waals surface area contributed by atoms with Crippen LogP contribution in [-0.2, 0) is 13.0 Å². The molecule has 5 heterocycles. The second kappa shape index (κ2) is 9.04. The molecule has 7 nitrogen and oxygen atoms in total. The lowest BCUT2D eigenvalue weighted by Crippen LogP contribution is -2.46. The van der Waals surface area contributed by atoms with Crippen LogP contribution >= 0.6 is 11.3 Å². The Bertz CT molecular complexity index is 1660. The number of pyridine rings is 1. The van der Waals surface area contributed by atoms with Gasteiger partial charge in [-0.3, -0.25) is 9.78 Å². The molecule has 0 radical (unpaired) electrons. The van der Waals surface area contributed by atoms with E-state index in [2.05, 4.69) is 50.6 Å². The van der Waals surface area contributed by atoms with E-state index in [-0.39, 0.29) is 5.56 Å². The van der Waals surface area contributed by atoms with Crippen molar-refractivity contribution >= 4 is 27.2 Å². The summed E-state index contributed by atoms with van der Waals surface area (Å²) in [5, 5.41) is 18.1. The van der Waals surface area contributed by atoms with Crippen molar-refractivity contribution in [2.24, 2.45) is 0 Å². The van der Waals surface area contributed by atoms with Crippen LogP contribution < -0.4 is 15.8 Å². The van der Waals surface area contributed by atoms with E-state index in [1.54, 1.807) is 23.6 Å². The zero-order valence-electron chi connectivity index (χ0n) is 21.5. The van der Waals surface area contributed by atoms with E-state index in [1.165, 1.54) is 41.6 Å². The van der Waals surface area contributed by atoms with E-state index in [0.29, 0.717) is 23.7 Å². The average Bonchev–Trinajstić information content (AvgIpc) is 3.54. The van der Waals surface area contributed by atoms with Gasteiger partial charge in [0.05, 0.1) is 34.6 Å². The minimum Gasteiger partial charge on any atom is -0.366 e. The van der Waals surface area contributed by atoms with Gasteiger partial charge in [0, 0.05) is 58.6 Å². The lowest BCUT2D eigenvalue weighted by molar-refractivity contribution is 0.214. The van der Waals surface area contributed by atoms with E-state index in [9.17, 15) is 10.1 Å². The van der Waals surface area contributed by atoms with Gasteiger partial charge >= 0.3 is 0 Å². The summed E-state index contributed by atoms with van der Waals surface area (Å²) in [7, 11) is 0. The highest BCUT2D eigenvalue weighted by Gasteiger charge is 2.45. The van der Waals surface area contributed by atoms with Crippen molar-refractivity contribution in [3.8, 4) is 17.2 Å². The fourth-order valence-corrected chi connectivity index (χ4v) is 7.74. The molecule has 8 heteroatoms. The third-order valence-electron chi connectivity index (χ3n) is 8.61. The molecule has 1 atom stereocenters. The van der Waals surface area contributed by atoms with Gasteiger partial charge in [0.25, 0.3) is 5.56 Å². The molecule has 38 heavy (non-hydrogen) atoms. The molecule has 1 aliphatic carbocycles. The van der Waals surface area contributed by atoms with Crippen LogP contribution in [0.1, 0.15) is 53.7 Å². The van der Waals surface area contributed by atoms with Crippen LogP contribution in [-0.4, -0.2) is 39.4 Å². The van der Waals surface area contributed by atoms with Crippen molar-refractivity contribution in [2.45, 2.75) is 63.6 Å². The van der Waals surface area contributed by atoms with Crippen molar-refractivity contribution < 1.29 is 0 Å². The quantitative estimate of drug-likeness (QED) is 0.415. The highest BCUT2D eigenvalue weighted by molar-refractivity contribution is 7.19. The Balaban J connectivity index is 1.33. The molecule has 1 saturated carbocycles. The molecule has 1 N–H and O–H groups in total. The number of nitrogens with one attached hydrogen (secondary N) is 1. The molecule has 7 rings (SSSR count). The van der Waals surface area contributed by atoms with E-state index < -0.39 is 0 Å². The van der Waals surface area contributed by atoms with Gasteiger partial charge in [-0.25, -0.2) is 4.68 Å². The van der Waals surface area contributed by atoms with Gasteiger partial charge in [-0.1, -0.05) is 0 Å². The number of aromatic nitrogens is 3. The second-order valence-electron chi connectivity index (χ2n) is 11.1. The summed E-state index contributed by atoms with van der Waals surface area (Å²) in [6, 6.07) is 12.8. The number of hydrogen-bond acceptors (Lipinski definition) is 7. The Labute approximate surface area is 225 Å². The van der Waals surface area contributed by atoms with Crippen LogP contribution in [0.4, 0.5) is 5.69 Å². The van der Waals surface area contributed by atoms with Crippen molar-refractivity contribution in [3.63, 3.8) is 0 Å². The maximum atomic E-state index is 12.5. The summed E-state index contributed by atoms with van der Waals surface area (Å²) in [4.78, 5) is 20.8. The Morgan fingerprint density at radius 1 is 1.21 bits per heavy atom. The van der Waals surface area contributed by atoms with Crippen molar-refractivity contribution in [3.05, 3.63) is 74.6 Å². The Kier molecular flexibility index (Phi) is 5.60. The number of hydrogen-bond donors (Lipinski definition) is 1. The molecule has 4 aromatic rings. The third kappa shape index (κ3) is 3.93. The third-order valence-corrected chi connectivity index (χ3v) is 9.75. The SMILES string of the molecule is Cc1cnn(Cc2cc3nccc(-c4cc(C#N)cc5c4N(C4CNC6(CCC6)C4)CCC5)c3s2)c(=O)c1. The lowest BCUT2D eigenvalue weighted by atomic mass is 9.75. The van der Waals surface area contributed by atoms with Gasteiger partial charge < -0.3 is 10.2 Å². The van der Waals surface area contributed by atoms with Crippen LogP contribution in [0.5, 0.6) is 0 Å². The minimum absolute atomic E-state index is 0.100. The summed E-state index contributed by atoms with van der Waals surface area (Å²) < 4.78 is 2.59. The monoisotopic (exact) mass is 522 g/mol. The number of thiophene rings is 1. The molecule has 0 amide bonds. The summed E-state index contributed by atoms with van der Waals surface area (Å²) >= 11 is 1.66. The standard InChI is InChI=1S/C30H30N6OS/c1-19-10-27(37)36(34-16-19)18-23-13-26-29(38-23)24(5-8-32-26)25-12-20(15-31)11-21-4-2-9-35(28(21)25)22-14-30(33-17-22)6-3-7-30/h5,8,10-13,16,22,33H,2-4,6-7,9,14,17-18H2,1H3. The average molecular weight is 523 g/mol. The molecule has 0 bridgehead atoms. The number of anilines is 1. The van der Waals surface area contributed by atoms with Gasteiger partial charge in [-0.05, 0) is 80.8 Å². The van der Waals surface area contributed by atoms with Crippen LogP contribution in [0, 0.1) is 18.3 Å². The number of nitrogens with zero attached hydrogens (tertiary/aromatic N) is 5. The fourth-order valence-electron chi connectivity index (χ4n) is 6.61. The topological polar surface area (TPSA) is 86.8 Å². The first-order chi connectivity index (χ1) is 18.5. The van der Waals surface area contributed by atoms with Gasteiger partial charge in [-0.15, -0.1) is 11.3 Å². The number of nitriles is 1. The maximum Gasteiger partial charge on any atom is 0.267 e. The predicted octanol–water partition coefficient (Wildman–Crippen LogP) is 4.79. The number of benzene rings is 1. The summed E-state index contributed by atoms with van der Waals surface area (Å²) in [5.41, 5.74) is 7.52. The first-order valence-electron chi connectivity index (χ1n) is 13.5. The van der Waals surface area contributed by atoms with Crippen molar-refractivity contribution in [1.82, 2.24) is 20.1 Å². The van der Waals surface area contributed by atoms with Crippen LogP contribution in [0.25, 0.3) is 21.3 Å². The normalized spacial score (nSPS) is 19.9. The van der Waals surface area contributed by atoms with Gasteiger partial charge in [0.1, 0.15) is 0 Å². The van der Waals surface area contributed by atoms with Gasteiger partial charge in [0.2, 0.25) is 0 Å². The molecule has 1 unspecified atom stereocenters. The first kappa shape index (κ1) is 23.6. The Morgan fingerprint density at radius 3 is 2.87 bits per heavy atom. The van der Waals surface area contributed by atoms with E-state index in [4.69, 9.17) is 0 Å². The number of aryl methyl sites for hydroxylation is 2. The molecule has 1 spiro atoms. The molecule has 3 aromatic heterocycles. The molecule has 1 saturated heterocycles. The molecular weight excluding hydrogens is 492 g/mol. The maximum absolute atomic E-state index is 12.5. The molecule has 2 fully saturated rings. The molecule has 192 valence electrons. The predicted molar refractivity (Wildman–Crippen MR) is 151 cm³/mol. The second-order valence-corrected chi connectivity index (χ2v) is 12.3. The largest absolute Gasteiger partial charge is 0.366 e. The smallest absolute Gasteiger partial charge is 0.267 e. The zero-order valence-corrected chi connectivity index (χ0v) is 22.4. The Morgan fingerprint density at radius 2 is 2.11 bits per heavy atom. The Hall–Kier alpha value is -3.54. The lowest BCUT2D eigenvalue weighted by Gasteiger charge is -2.41. The van der Waals surface area contributed by atoms with Crippen LogP contribution in [0.2, 0.25) is 0 Å². The van der Waals surface area contributed by atoms with Crippen LogP contribution in [0.3, 0.4) is 0 Å². The zero-order chi connectivity index (χ0) is 25.9. The van der Waals surface area contributed by atoms with E-state index in [1.807, 2.05) is 13.1 Å². The molecular formula is C30H30N6OS. The first-order valence-corrected chi connectivity index (χ1v) is 14.3. The fraction of sp³-hybridized carbons (Fsp3) is 0.400. The van der Waals surface area contributed by atoms with E-state index in [0.717, 1.165) is 57.7 Å². The summed E-state index contributed by atoms with van der Waals surface area (Å²) in [5.74, 6) is 0. The van der Waals surface area contributed by atoms with Gasteiger partial charge in [-0.2, -0.15) is 10.4 Å². The van der Waals surface area contributed by atoms with Gasteiger partial charge in [0.15, 0.2) is 0 Å². The van der Waals surface area contributed by atoms with E-state index >= 15 is 0 Å². The minimum atomic E-state index is -0.100. The number of rotatable bonds is 4. The molecule has 2 aliphatic heterocycles. The summed E-state index contributed by atoms with van der Waals surface area (Å²) in [6.07, 6.45) is 10.8. The highest BCUT2D eigenvalue weighted by atomic mass is 32.1. The summed E-state index contributed by atoms with van der Waals surface area (Å²) in [6.45, 7) is 4.35. The molecule has 3 aliphatic rings.